The summed E-state index contributed by atoms with van der Waals surface area (Å²) in [6.45, 7) is 2.93. The first-order valence-electron chi connectivity index (χ1n) is 4.81. The molecule has 0 saturated carbocycles. The van der Waals surface area contributed by atoms with Crippen molar-refractivity contribution >= 4 is 48.9 Å². The quantitative estimate of drug-likeness (QED) is 0.774. The molecule has 2 heterocycles. The Kier molecular flexibility index (Phi) is 3.66. The van der Waals surface area contributed by atoms with E-state index in [1.807, 2.05) is 6.92 Å². The van der Waals surface area contributed by atoms with Crippen LogP contribution in [0.3, 0.4) is 0 Å². The van der Waals surface area contributed by atoms with Crippen LogP contribution >= 0.6 is 38.9 Å². The molecule has 90 valence electrons. The van der Waals surface area contributed by atoms with Gasteiger partial charge < -0.3 is 0 Å². The summed E-state index contributed by atoms with van der Waals surface area (Å²) in [5.41, 5.74) is 0.819. The lowest BCUT2D eigenvalue weighted by Gasteiger charge is -2.13. The highest BCUT2D eigenvalue weighted by molar-refractivity contribution is 9.09. The molecule has 1 saturated heterocycles. The number of rotatable bonds is 2. The average Bonchev–Trinajstić information content (AvgIpc) is 2.75. The standard InChI is InChI=1S/C9H11BrClNO2S2/c1-6-4-8(15-9(6)11)16(13,14)12-3-2-7(10)5-12/h4,7H,2-3,5H2,1H3. The SMILES string of the molecule is Cc1cc(S(=O)(=O)N2CCC(Br)C2)sc1Cl. The van der Waals surface area contributed by atoms with E-state index in [9.17, 15) is 8.42 Å². The van der Waals surface area contributed by atoms with E-state index >= 15 is 0 Å². The van der Waals surface area contributed by atoms with E-state index in [2.05, 4.69) is 15.9 Å². The van der Waals surface area contributed by atoms with Crippen LogP contribution in [0.1, 0.15) is 12.0 Å². The van der Waals surface area contributed by atoms with Gasteiger partial charge in [-0.05, 0) is 25.0 Å². The highest BCUT2D eigenvalue weighted by Crippen LogP contribution is 2.33. The largest absolute Gasteiger partial charge is 0.252 e. The van der Waals surface area contributed by atoms with Crippen molar-refractivity contribution in [3.8, 4) is 0 Å². The highest BCUT2D eigenvalue weighted by atomic mass is 79.9. The molecule has 3 nitrogen and oxygen atoms in total. The first-order chi connectivity index (χ1) is 7.41. The van der Waals surface area contributed by atoms with Crippen LogP contribution in [0.15, 0.2) is 10.3 Å². The molecule has 1 aromatic heterocycles. The number of hydrogen-bond donors (Lipinski definition) is 0. The molecule has 7 heteroatoms. The minimum absolute atomic E-state index is 0.263. The molecule has 1 atom stereocenters. The van der Waals surface area contributed by atoms with Crippen LogP contribution in [0.25, 0.3) is 0 Å². The van der Waals surface area contributed by atoms with Gasteiger partial charge in [0.25, 0.3) is 10.0 Å². The third kappa shape index (κ3) is 2.31. The lowest BCUT2D eigenvalue weighted by Crippen LogP contribution is -2.28. The summed E-state index contributed by atoms with van der Waals surface area (Å²) in [4.78, 5) is 0.263. The van der Waals surface area contributed by atoms with Crippen molar-refractivity contribution in [1.82, 2.24) is 4.31 Å². The van der Waals surface area contributed by atoms with Crippen LogP contribution in [0, 0.1) is 6.92 Å². The molecule has 0 radical (unpaired) electrons. The molecule has 0 aliphatic carbocycles. The average molecular weight is 345 g/mol. The molecule has 1 unspecified atom stereocenters. The van der Waals surface area contributed by atoms with E-state index in [1.165, 1.54) is 4.31 Å². The van der Waals surface area contributed by atoms with Gasteiger partial charge in [-0.15, -0.1) is 11.3 Å². The topological polar surface area (TPSA) is 37.4 Å². The van der Waals surface area contributed by atoms with Gasteiger partial charge in [0, 0.05) is 17.9 Å². The molecule has 0 bridgehead atoms. The lowest BCUT2D eigenvalue weighted by atomic mass is 10.4. The molecule has 1 aromatic rings. The van der Waals surface area contributed by atoms with E-state index in [1.54, 1.807) is 6.07 Å². The van der Waals surface area contributed by atoms with Gasteiger partial charge in [-0.2, -0.15) is 4.31 Å². The normalized spacial score (nSPS) is 22.8. The lowest BCUT2D eigenvalue weighted by molar-refractivity contribution is 0.480. The van der Waals surface area contributed by atoms with Gasteiger partial charge in [-0.3, -0.25) is 0 Å². The van der Waals surface area contributed by atoms with Crippen molar-refractivity contribution in [2.45, 2.75) is 22.4 Å². The second-order valence-corrected chi connectivity index (χ2v) is 8.89. The molecule has 0 spiro atoms. The van der Waals surface area contributed by atoms with Crippen molar-refractivity contribution in [3.63, 3.8) is 0 Å². The number of sulfonamides is 1. The van der Waals surface area contributed by atoms with Gasteiger partial charge in [-0.1, -0.05) is 27.5 Å². The summed E-state index contributed by atoms with van der Waals surface area (Å²) in [5, 5.41) is 0. The Morgan fingerprint density at radius 1 is 1.62 bits per heavy atom. The maximum atomic E-state index is 12.2. The summed E-state index contributed by atoms with van der Waals surface area (Å²) < 4.78 is 26.8. The van der Waals surface area contributed by atoms with E-state index in [-0.39, 0.29) is 4.83 Å². The molecular weight excluding hydrogens is 334 g/mol. The van der Waals surface area contributed by atoms with Crippen molar-refractivity contribution in [1.29, 1.82) is 0 Å². The Morgan fingerprint density at radius 2 is 2.31 bits per heavy atom. The third-order valence-corrected chi connectivity index (χ3v) is 7.14. The molecule has 0 amide bonds. The molecular formula is C9H11BrClNO2S2. The van der Waals surface area contributed by atoms with E-state index in [0.29, 0.717) is 21.6 Å². The summed E-state index contributed by atoms with van der Waals surface area (Å²) in [5.74, 6) is 0. The van der Waals surface area contributed by atoms with Gasteiger partial charge in [0.1, 0.15) is 4.21 Å². The maximum Gasteiger partial charge on any atom is 0.252 e. The summed E-state index contributed by atoms with van der Waals surface area (Å²) in [6, 6.07) is 1.64. The van der Waals surface area contributed by atoms with Crippen molar-refractivity contribution in [2.75, 3.05) is 13.1 Å². The van der Waals surface area contributed by atoms with Crippen LogP contribution in [0.4, 0.5) is 0 Å². The third-order valence-electron chi connectivity index (χ3n) is 2.52. The predicted molar refractivity (Wildman–Crippen MR) is 70.2 cm³/mol. The molecule has 2 rings (SSSR count). The Balaban J connectivity index is 2.32. The van der Waals surface area contributed by atoms with Gasteiger partial charge in [-0.25, -0.2) is 8.42 Å². The van der Waals surface area contributed by atoms with Crippen LogP contribution in [-0.2, 0) is 10.0 Å². The van der Waals surface area contributed by atoms with Crippen LogP contribution in [-0.4, -0.2) is 30.6 Å². The zero-order valence-corrected chi connectivity index (χ0v) is 12.6. The Bertz CT molecular complexity index is 480. The smallest absolute Gasteiger partial charge is 0.206 e. The Morgan fingerprint density at radius 3 is 2.75 bits per heavy atom. The summed E-state index contributed by atoms with van der Waals surface area (Å²) in [6.07, 6.45) is 0.858. The van der Waals surface area contributed by atoms with E-state index < -0.39 is 10.0 Å². The molecule has 1 fully saturated rings. The fourth-order valence-electron chi connectivity index (χ4n) is 1.59. The second kappa shape index (κ2) is 4.57. The maximum absolute atomic E-state index is 12.2. The van der Waals surface area contributed by atoms with Gasteiger partial charge in [0.15, 0.2) is 0 Å². The number of aryl methyl sites for hydroxylation is 1. The number of thiophene rings is 1. The zero-order valence-electron chi connectivity index (χ0n) is 8.61. The fraction of sp³-hybridized carbons (Fsp3) is 0.556. The monoisotopic (exact) mass is 343 g/mol. The Hall–Kier alpha value is 0.380. The van der Waals surface area contributed by atoms with Gasteiger partial charge in [0.05, 0.1) is 4.34 Å². The number of alkyl halides is 1. The summed E-state index contributed by atoms with van der Waals surface area (Å²) in [7, 11) is -3.34. The van der Waals surface area contributed by atoms with Crippen molar-refractivity contribution in [3.05, 3.63) is 16.0 Å². The predicted octanol–water partition coefficient (Wildman–Crippen LogP) is 2.87. The molecule has 0 aromatic carbocycles. The van der Waals surface area contributed by atoms with Crippen LogP contribution in [0.5, 0.6) is 0 Å². The Labute approximate surface area is 113 Å². The molecule has 1 aliphatic heterocycles. The molecule has 1 aliphatic rings. The first-order valence-corrected chi connectivity index (χ1v) is 8.36. The molecule has 16 heavy (non-hydrogen) atoms. The van der Waals surface area contributed by atoms with Crippen LogP contribution < -0.4 is 0 Å². The summed E-state index contributed by atoms with van der Waals surface area (Å²) >= 11 is 10.5. The zero-order chi connectivity index (χ0) is 11.9. The number of nitrogens with zero attached hydrogens (tertiary/aromatic N) is 1. The van der Waals surface area contributed by atoms with E-state index in [4.69, 9.17) is 11.6 Å². The molecule has 0 N–H and O–H groups in total. The first kappa shape index (κ1) is 12.8. The minimum atomic E-state index is -3.34. The fourth-order valence-corrected chi connectivity index (χ4v) is 5.70. The van der Waals surface area contributed by atoms with Crippen molar-refractivity contribution < 1.29 is 8.42 Å². The van der Waals surface area contributed by atoms with Crippen molar-refractivity contribution in [2.24, 2.45) is 0 Å². The van der Waals surface area contributed by atoms with Gasteiger partial charge >= 0.3 is 0 Å². The second-order valence-electron chi connectivity index (χ2n) is 3.77. The number of hydrogen-bond acceptors (Lipinski definition) is 3. The highest BCUT2D eigenvalue weighted by Gasteiger charge is 2.32. The van der Waals surface area contributed by atoms with Crippen LogP contribution in [0.2, 0.25) is 4.34 Å². The minimum Gasteiger partial charge on any atom is -0.206 e. The van der Waals surface area contributed by atoms with Gasteiger partial charge in [0.2, 0.25) is 0 Å². The number of halogens is 2. The van der Waals surface area contributed by atoms with E-state index in [0.717, 1.165) is 23.3 Å².